The largest absolute Gasteiger partial charge is 0.318 e. The molecule has 0 saturated carbocycles. The molecular weight excluding hydrogens is 532 g/mol. The summed E-state index contributed by atoms with van der Waals surface area (Å²) in [5, 5.41) is 0.963. The van der Waals surface area contributed by atoms with Crippen molar-refractivity contribution in [3.63, 3.8) is 0 Å². The summed E-state index contributed by atoms with van der Waals surface area (Å²) in [6, 6.07) is 12.7. The zero-order valence-electron chi connectivity index (χ0n) is 23.1. The number of hydrogen-bond acceptors (Lipinski definition) is 7. The van der Waals surface area contributed by atoms with Gasteiger partial charge in [0.05, 0.1) is 5.75 Å². The predicted molar refractivity (Wildman–Crippen MR) is 151 cm³/mol. The van der Waals surface area contributed by atoms with E-state index in [-0.39, 0.29) is 41.8 Å². The van der Waals surface area contributed by atoms with E-state index in [0.717, 1.165) is 14.9 Å². The standard InChI is InChI=1S/C29H32N4O6S/c1-18-6-9-21(10-7-18)29(37)22-11-8-20(17-40(38,39)31(3)4)14-24(22)25-16-32(5)28(36)15-23(25)19(2)30-33-26(34)12-13-27(33)35/h6-11,14-16,19,30H,12-13,17H2,1-5H3/t19-/m0/s1. The summed E-state index contributed by atoms with van der Waals surface area (Å²) in [7, 11) is 0.861. The van der Waals surface area contributed by atoms with Gasteiger partial charge in [-0.1, -0.05) is 42.0 Å². The highest BCUT2D eigenvalue weighted by Crippen LogP contribution is 2.33. The van der Waals surface area contributed by atoms with Crippen molar-refractivity contribution < 1.29 is 22.8 Å². The van der Waals surface area contributed by atoms with E-state index in [9.17, 15) is 27.6 Å². The Morgan fingerprint density at radius 1 is 0.975 bits per heavy atom. The van der Waals surface area contributed by atoms with Gasteiger partial charge in [-0.05, 0) is 36.6 Å². The Balaban J connectivity index is 1.90. The minimum absolute atomic E-state index is 0.0968. The Morgan fingerprint density at radius 2 is 1.60 bits per heavy atom. The quantitative estimate of drug-likeness (QED) is 0.313. The van der Waals surface area contributed by atoms with Crippen molar-refractivity contribution in [2.75, 3.05) is 14.1 Å². The number of rotatable bonds is 9. The van der Waals surface area contributed by atoms with Crippen LogP contribution in [0.4, 0.5) is 0 Å². The van der Waals surface area contributed by atoms with Gasteiger partial charge in [-0.3, -0.25) is 19.2 Å². The summed E-state index contributed by atoms with van der Waals surface area (Å²) in [5.41, 5.74) is 6.15. The van der Waals surface area contributed by atoms with Crippen LogP contribution in [0.5, 0.6) is 0 Å². The lowest BCUT2D eigenvalue weighted by molar-refractivity contribution is -0.142. The minimum Gasteiger partial charge on any atom is -0.318 e. The molecule has 0 unspecified atom stereocenters. The van der Waals surface area contributed by atoms with Crippen molar-refractivity contribution >= 4 is 27.6 Å². The number of carbonyl (C=O) groups is 3. The number of nitrogens with one attached hydrogen (secondary N) is 1. The van der Waals surface area contributed by atoms with Gasteiger partial charge < -0.3 is 4.57 Å². The van der Waals surface area contributed by atoms with Crippen molar-refractivity contribution in [3.8, 4) is 11.1 Å². The van der Waals surface area contributed by atoms with Crippen molar-refractivity contribution in [2.24, 2.45) is 7.05 Å². The number of pyridine rings is 1. The summed E-state index contributed by atoms with van der Waals surface area (Å²) in [5.74, 6) is -1.30. The number of aryl methyl sites for hydroxylation is 2. The molecule has 1 atom stereocenters. The molecule has 1 aliphatic rings. The highest BCUT2D eigenvalue weighted by Gasteiger charge is 2.31. The van der Waals surface area contributed by atoms with Gasteiger partial charge in [0, 0.05) is 69.0 Å². The molecule has 11 heteroatoms. The summed E-state index contributed by atoms with van der Waals surface area (Å²) >= 11 is 0. The van der Waals surface area contributed by atoms with Crippen LogP contribution < -0.4 is 11.0 Å². The molecule has 1 fully saturated rings. The summed E-state index contributed by atoms with van der Waals surface area (Å²) < 4.78 is 27.9. The van der Waals surface area contributed by atoms with Gasteiger partial charge in [-0.25, -0.2) is 23.2 Å². The predicted octanol–water partition coefficient (Wildman–Crippen LogP) is 2.70. The summed E-state index contributed by atoms with van der Waals surface area (Å²) in [6.45, 7) is 3.62. The Hall–Kier alpha value is -3.93. The average Bonchev–Trinajstić information content (AvgIpc) is 3.21. The molecule has 0 spiro atoms. The van der Waals surface area contributed by atoms with Crippen LogP contribution in [0.3, 0.4) is 0 Å². The van der Waals surface area contributed by atoms with Crippen LogP contribution in [0, 0.1) is 6.92 Å². The maximum atomic E-state index is 13.7. The summed E-state index contributed by atoms with van der Waals surface area (Å²) in [6.07, 6.45) is 1.77. The number of sulfonamides is 1. The highest BCUT2D eigenvalue weighted by molar-refractivity contribution is 7.88. The Morgan fingerprint density at radius 3 is 2.20 bits per heavy atom. The second-order valence-electron chi connectivity index (χ2n) is 10.2. The third kappa shape index (κ3) is 5.96. The van der Waals surface area contributed by atoms with Crippen molar-refractivity contribution in [1.29, 1.82) is 0 Å². The van der Waals surface area contributed by atoms with Crippen molar-refractivity contribution in [2.45, 2.75) is 38.5 Å². The first-order valence-electron chi connectivity index (χ1n) is 12.8. The van der Waals surface area contributed by atoms with Crippen molar-refractivity contribution in [3.05, 3.63) is 92.9 Å². The molecule has 2 aromatic carbocycles. The number of hydrazine groups is 1. The smallest absolute Gasteiger partial charge is 0.250 e. The van der Waals surface area contributed by atoms with Gasteiger partial charge >= 0.3 is 0 Å². The first kappa shape index (κ1) is 29.1. The van der Waals surface area contributed by atoms with E-state index in [1.807, 2.05) is 19.1 Å². The molecule has 4 rings (SSSR count). The maximum Gasteiger partial charge on any atom is 0.250 e. The molecule has 0 aliphatic carbocycles. The lowest BCUT2D eigenvalue weighted by Gasteiger charge is -2.24. The fourth-order valence-corrected chi connectivity index (χ4v) is 5.37. The van der Waals surface area contributed by atoms with Gasteiger partial charge in [0.15, 0.2) is 5.78 Å². The van der Waals surface area contributed by atoms with Crippen LogP contribution in [-0.4, -0.2) is 54.0 Å². The second kappa shape index (κ2) is 11.3. The highest BCUT2D eigenvalue weighted by atomic mass is 32.2. The molecule has 0 radical (unpaired) electrons. The number of nitrogens with zero attached hydrogens (tertiary/aromatic N) is 3. The number of ketones is 1. The molecule has 210 valence electrons. The van der Waals surface area contributed by atoms with Crippen LogP contribution in [0.2, 0.25) is 0 Å². The van der Waals surface area contributed by atoms with Gasteiger partial charge in [-0.2, -0.15) is 0 Å². The lowest BCUT2D eigenvalue weighted by atomic mass is 9.89. The third-order valence-corrected chi connectivity index (χ3v) is 8.75. The Labute approximate surface area is 233 Å². The molecule has 40 heavy (non-hydrogen) atoms. The molecule has 2 amide bonds. The van der Waals surface area contributed by atoms with Crippen LogP contribution in [0.25, 0.3) is 11.1 Å². The molecule has 3 aromatic rings. The number of carbonyl (C=O) groups excluding carboxylic acids is 3. The molecular formula is C29H32N4O6S. The van der Waals surface area contributed by atoms with Crippen LogP contribution in [0.1, 0.15) is 58.4 Å². The van der Waals surface area contributed by atoms with Crippen LogP contribution in [-0.2, 0) is 32.4 Å². The van der Waals surface area contributed by atoms with E-state index >= 15 is 0 Å². The van der Waals surface area contributed by atoms with Crippen LogP contribution in [0.15, 0.2) is 59.5 Å². The molecule has 1 saturated heterocycles. The number of hydrogen-bond donors (Lipinski definition) is 1. The van der Waals surface area contributed by atoms with E-state index in [2.05, 4.69) is 5.43 Å². The zero-order valence-corrected chi connectivity index (χ0v) is 23.9. The van der Waals surface area contributed by atoms with E-state index in [4.69, 9.17) is 0 Å². The van der Waals surface area contributed by atoms with Crippen molar-refractivity contribution in [1.82, 2.24) is 19.3 Å². The van der Waals surface area contributed by atoms with E-state index < -0.39 is 16.1 Å². The fraction of sp³-hybridized carbons (Fsp3) is 0.310. The molecule has 1 aliphatic heterocycles. The molecule has 1 aromatic heterocycles. The summed E-state index contributed by atoms with van der Waals surface area (Å²) in [4.78, 5) is 51.0. The van der Waals surface area contributed by atoms with E-state index in [1.165, 1.54) is 24.7 Å². The first-order chi connectivity index (χ1) is 18.8. The SMILES string of the molecule is Cc1ccc(C(=O)c2ccc(CS(=O)(=O)N(C)C)cc2-c2cn(C)c(=O)cc2[C@H](C)NN2C(=O)CCC2=O)cc1. The molecule has 2 heterocycles. The number of aromatic nitrogens is 1. The molecule has 1 N–H and O–H groups in total. The Bertz CT molecular complexity index is 1640. The fourth-order valence-electron chi connectivity index (χ4n) is 4.51. The monoisotopic (exact) mass is 564 g/mol. The maximum absolute atomic E-state index is 13.7. The minimum atomic E-state index is -3.61. The zero-order chi connectivity index (χ0) is 29.4. The second-order valence-corrected chi connectivity index (χ2v) is 12.4. The van der Waals surface area contributed by atoms with Crippen LogP contribution >= 0.6 is 0 Å². The average molecular weight is 565 g/mol. The number of amides is 2. The molecule has 10 nitrogen and oxygen atoms in total. The number of imide groups is 1. The lowest BCUT2D eigenvalue weighted by Crippen LogP contribution is -2.43. The van der Waals surface area contributed by atoms with Gasteiger partial charge in [0.1, 0.15) is 0 Å². The first-order valence-corrected chi connectivity index (χ1v) is 14.4. The third-order valence-electron chi connectivity index (χ3n) is 6.94. The van der Waals surface area contributed by atoms with Gasteiger partial charge in [0.2, 0.25) is 21.8 Å². The molecule has 0 bridgehead atoms. The topological polar surface area (TPSA) is 126 Å². The van der Waals surface area contributed by atoms with E-state index in [0.29, 0.717) is 33.4 Å². The number of benzene rings is 2. The van der Waals surface area contributed by atoms with E-state index in [1.54, 1.807) is 50.5 Å². The van der Waals surface area contributed by atoms with Gasteiger partial charge in [-0.15, -0.1) is 0 Å². The normalized spacial score (nSPS) is 14.7. The Kier molecular flexibility index (Phi) is 8.20. The van der Waals surface area contributed by atoms with Gasteiger partial charge in [0.25, 0.3) is 5.56 Å².